The highest BCUT2D eigenvalue weighted by Gasteiger charge is 2.46. The molecular weight excluding hydrogens is 226 g/mol. The van der Waals surface area contributed by atoms with Crippen molar-refractivity contribution < 1.29 is 9.90 Å². The lowest BCUT2D eigenvalue weighted by Crippen LogP contribution is -2.40. The van der Waals surface area contributed by atoms with E-state index in [2.05, 4.69) is 25.8 Å². The molecule has 0 radical (unpaired) electrons. The van der Waals surface area contributed by atoms with Crippen LogP contribution in [0.1, 0.15) is 58.8 Å². The van der Waals surface area contributed by atoms with Crippen molar-refractivity contribution in [2.45, 2.75) is 64.8 Å². The zero-order valence-corrected chi connectivity index (χ0v) is 12.0. The van der Waals surface area contributed by atoms with Gasteiger partial charge in [0.1, 0.15) is 0 Å². The Morgan fingerprint density at radius 1 is 1.22 bits per heavy atom. The molecule has 0 saturated heterocycles. The lowest BCUT2D eigenvalue weighted by Gasteiger charge is -2.39. The summed E-state index contributed by atoms with van der Waals surface area (Å²) in [5, 5.41) is 8.96. The van der Waals surface area contributed by atoms with Crippen LogP contribution in [0.2, 0.25) is 0 Å². The van der Waals surface area contributed by atoms with Crippen LogP contribution < -0.4 is 0 Å². The third-order valence-corrected chi connectivity index (χ3v) is 5.00. The second kappa shape index (κ2) is 4.84. The predicted octanol–water partition coefficient (Wildman–Crippen LogP) is 3.14. The molecule has 3 heteroatoms. The van der Waals surface area contributed by atoms with E-state index >= 15 is 0 Å². The highest BCUT2D eigenvalue weighted by atomic mass is 16.4. The molecule has 1 N–H and O–H groups in total. The molecule has 0 aromatic carbocycles. The van der Waals surface area contributed by atoms with E-state index in [0.717, 1.165) is 19.4 Å². The summed E-state index contributed by atoms with van der Waals surface area (Å²) in [6.07, 6.45) is 7.69. The van der Waals surface area contributed by atoms with E-state index in [-0.39, 0.29) is 5.41 Å². The minimum atomic E-state index is -0.634. The Labute approximate surface area is 111 Å². The van der Waals surface area contributed by atoms with E-state index in [1.54, 1.807) is 0 Å². The minimum absolute atomic E-state index is 0.105. The Morgan fingerprint density at radius 3 is 2.22 bits per heavy atom. The topological polar surface area (TPSA) is 40.5 Å². The summed E-state index contributed by atoms with van der Waals surface area (Å²) in [5.41, 5.74) is 0.614. The Hall–Kier alpha value is -0.570. The van der Waals surface area contributed by atoms with E-state index in [1.165, 1.54) is 25.7 Å². The minimum Gasteiger partial charge on any atom is -0.481 e. The summed E-state index contributed by atoms with van der Waals surface area (Å²) in [5.74, 6) is -0.634. The monoisotopic (exact) mass is 253 g/mol. The smallest absolute Gasteiger partial charge is 0.303 e. The van der Waals surface area contributed by atoms with Crippen LogP contribution in [0.4, 0.5) is 0 Å². The number of carbonyl (C=O) groups is 1. The van der Waals surface area contributed by atoms with Gasteiger partial charge in [0.2, 0.25) is 0 Å². The van der Waals surface area contributed by atoms with Crippen molar-refractivity contribution in [3.05, 3.63) is 0 Å². The average molecular weight is 253 g/mol. The SMILES string of the molecule is CN(CC1(CC(=O)O)CC1)C1CCC(C)(C)CC1. The number of carboxylic acids is 1. The summed E-state index contributed by atoms with van der Waals surface area (Å²) in [6, 6.07) is 0.671. The molecular formula is C15H27NO2. The molecule has 104 valence electrons. The fraction of sp³-hybridized carbons (Fsp3) is 0.933. The Morgan fingerprint density at radius 2 is 1.78 bits per heavy atom. The maximum Gasteiger partial charge on any atom is 0.303 e. The predicted molar refractivity (Wildman–Crippen MR) is 72.6 cm³/mol. The molecule has 2 fully saturated rings. The molecule has 0 amide bonds. The van der Waals surface area contributed by atoms with Gasteiger partial charge in [0.15, 0.2) is 0 Å². The molecule has 0 heterocycles. The van der Waals surface area contributed by atoms with Crippen molar-refractivity contribution in [3.8, 4) is 0 Å². The normalized spacial score (nSPS) is 26.2. The number of aliphatic carboxylic acids is 1. The molecule has 18 heavy (non-hydrogen) atoms. The van der Waals surface area contributed by atoms with E-state index in [1.807, 2.05) is 0 Å². The Balaban J connectivity index is 1.82. The quantitative estimate of drug-likeness (QED) is 0.818. The van der Waals surface area contributed by atoms with Gasteiger partial charge < -0.3 is 10.0 Å². The van der Waals surface area contributed by atoms with Crippen LogP contribution in [0, 0.1) is 10.8 Å². The van der Waals surface area contributed by atoms with Crippen LogP contribution in [0.25, 0.3) is 0 Å². The second-order valence-electron chi connectivity index (χ2n) is 7.38. The first kappa shape index (κ1) is 13.9. The van der Waals surface area contributed by atoms with Gasteiger partial charge in [-0.05, 0) is 56.4 Å². The first-order valence-electron chi connectivity index (χ1n) is 7.24. The third-order valence-electron chi connectivity index (χ3n) is 5.00. The van der Waals surface area contributed by atoms with Crippen LogP contribution in [-0.2, 0) is 4.79 Å². The van der Waals surface area contributed by atoms with Gasteiger partial charge in [-0.25, -0.2) is 0 Å². The number of nitrogens with zero attached hydrogens (tertiary/aromatic N) is 1. The van der Waals surface area contributed by atoms with Gasteiger partial charge in [-0.3, -0.25) is 4.79 Å². The second-order valence-corrected chi connectivity index (χ2v) is 7.38. The highest BCUT2D eigenvalue weighted by molar-refractivity contribution is 5.68. The molecule has 0 aromatic rings. The van der Waals surface area contributed by atoms with Crippen LogP contribution in [-0.4, -0.2) is 35.6 Å². The van der Waals surface area contributed by atoms with Gasteiger partial charge in [-0.2, -0.15) is 0 Å². The Kier molecular flexibility index (Phi) is 3.72. The summed E-state index contributed by atoms with van der Waals surface area (Å²) < 4.78 is 0. The Bertz CT molecular complexity index is 310. The fourth-order valence-electron chi connectivity index (χ4n) is 3.37. The highest BCUT2D eigenvalue weighted by Crippen LogP contribution is 2.50. The first-order chi connectivity index (χ1) is 8.32. The van der Waals surface area contributed by atoms with E-state index in [9.17, 15) is 4.79 Å². The van der Waals surface area contributed by atoms with Crippen molar-refractivity contribution >= 4 is 5.97 Å². The molecule has 0 aromatic heterocycles. The largest absolute Gasteiger partial charge is 0.481 e. The van der Waals surface area contributed by atoms with Crippen molar-refractivity contribution in [1.29, 1.82) is 0 Å². The number of hydrogen-bond acceptors (Lipinski definition) is 2. The van der Waals surface area contributed by atoms with E-state index in [0.29, 0.717) is 17.9 Å². The van der Waals surface area contributed by atoms with E-state index in [4.69, 9.17) is 5.11 Å². The van der Waals surface area contributed by atoms with Gasteiger partial charge in [0.05, 0.1) is 6.42 Å². The maximum absolute atomic E-state index is 10.9. The first-order valence-corrected chi connectivity index (χ1v) is 7.24. The van der Waals surface area contributed by atoms with Crippen LogP contribution in [0.15, 0.2) is 0 Å². The summed E-state index contributed by atoms with van der Waals surface area (Å²) in [6.45, 7) is 5.69. The molecule has 0 bridgehead atoms. The lowest BCUT2D eigenvalue weighted by molar-refractivity contribution is -0.138. The average Bonchev–Trinajstić information content (AvgIpc) is 2.96. The van der Waals surface area contributed by atoms with Crippen LogP contribution in [0.3, 0.4) is 0 Å². The fourth-order valence-corrected chi connectivity index (χ4v) is 3.37. The van der Waals surface area contributed by atoms with Crippen molar-refractivity contribution in [2.75, 3.05) is 13.6 Å². The number of rotatable bonds is 5. The number of carboxylic acid groups (broad SMARTS) is 1. The summed E-state index contributed by atoms with van der Waals surface area (Å²) in [7, 11) is 2.19. The summed E-state index contributed by atoms with van der Waals surface area (Å²) in [4.78, 5) is 13.3. The molecule has 0 unspecified atom stereocenters. The van der Waals surface area contributed by atoms with Gasteiger partial charge in [-0.15, -0.1) is 0 Å². The molecule has 2 saturated carbocycles. The maximum atomic E-state index is 10.9. The molecule has 2 rings (SSSR count). The zero-order chi connectivity index (χ0) is 13.4. The molecule has 0 aliphatic heterocycles. The molecule has 2 aliphatic rings. The zero-order valence-electron chi connectivity index (χ0n) is 12.0. The van der Waals surface area contributed by atoms with Gasteiger partial charge in [0.25, 0.3) is 0 Å². The van der Waals surface area contributed by atoms with Crippen molar-refractivity contribution in [2.24, 2.45) is 10.8 Å². The standard InChI is InChI=1S/C15H27NO2/c1-14(2)6-4-12(5-7-14)16(3)11-15(8-9-15)10-13(17)18/h12H,4-11H2,1-3H3,(H,17,18). The molecule has 3 nitrogen and oxygen atoms in total. The number of hydrogen-bond donors (Lipinski definition) is 1. The molecule has 2 aliphatic carbocycles. The van der Waals surface area contributed by atoms with Crippen LogP contribution >= 0.6 is 0 Å². The van der Waals surface area contributed by atoms with E-state index < -0.39 is 5.97 Å². The molecule has 0 atom stereocenters. The van der Waals surface area contributed by atoms with Crippen molar-refractivity contribution in [1.82, 2.24) is 4.90 Å². The van der Waals surface area contributed by atoms with Gasteiger partial charge in [-0.1, -0.05) is 13.8 Å². The third kappa shape index (κ3) is 3.47. The lowest BCUT2D eigenvalue weighted by atomic mass is 9.75. The van der Waals surface area contributed by atoms with Crippen molar-refractivity contribution in [3.63, 3.8) is 0 Å². The van der Waals surface area contributed by atoms with Crippen LogP contribution in [0.5, 0.6) is 0 Å². The van der Waals surface area contributed by atoms with Gasteiger partial charge >= 0.3 is 5.97 Å². The summed E-state index contributed by atoms with van der Waals surface area (Å²) >= 11 is 0. The molecule has 0 spiro atoms. The van der Waals surface area contributed by atoms with Gasteiger partial charge in [0, 0.05) is 12.6 Å².